The summed E-state index contributed by atoms with van der Waals surface area (Å²) in [6.07, 6.45) is 5.65. The van der Waals surface area contributed by atoms with E-state index in [0.717, 1.165) is 18.9 Å². The minimum Gasteiger partial charge on any atom is -0.465 e. The number of furan rings is 1. The zero-order valence-corrected chi connectivity index (χ0v) is 8.69. The Morgan fingerprint density at radius 3 is 3.14 bits per heavy atom. The van der Waals surface area contributed by atoms with Crippen LogP contribution in [0.4, 0.5) is 0 Å². The summed E-state index contributed by atoms with van der Waals surface area (Å²) in [5.41, 5.74) is 0. The van der Waals surface area contributed by atoms with Gasteiger partial charge in [-0.05, 0) is 25.1 Å². The van der Waals surface area contributed by atoms with Crippen molar-refractivity contribution in [2.75, 3.05) is 20.3 Å². The highest BCUT2D eigenvalue weighted by Gasteiger charge is 1.96. The van der Waals surface area contributed by atoms with E-state index < -0.39 is 0 Å². The highest BCUT2D eigenvalue weighted by molar-refractivity contribution is 5.42. The number of ether oxygens (including phenoxy) is 1. The first-order valence-electron chi connectivity index (χ1n) is 4.75. The van der Waals surface area contributed by atoms with Crippen LogP contribution in [0.15, 0.2) is 28.9 Å². The standard InChI is InChI=1S/C11H17NO2/c1-10(9-13-2)12-7-3-5-11-6-4-8-14-11/h3-6,8,10,12H,7,9H2,1-2H3/b5-3+. The van der Waals surface area contributed by atoms with Crippen LogP contribution in [0.5, 0.6) is 0 Å². The molecule has 1 aromatic heterocycles. The Labute approximate surface area is 84.8 Å². The van der Waals surface area contributed by atoms with E-state index in [9.17, 15) is 0 Å². The maximum absolute atomic E-state index is 5.15. The summed E-state index contributed by atoms with van der Waals surface area (Å²) in [7, 11) is 1.71. The van der Waals surface area contributed by atoms with Crippen molar-refractivity contribution in [1.29, 1.82) is 0 Å². The van der Waals surface area contributed by atoms with Gasteiger partial charge in [-0.25, -0.2) is 0 Å². The maximum atomic E-state index is 5.15. The predicted octanol–water partition coefficient (Wildman–Crippen LogP) is 1.92. The summed E-state index contributed by atoms with van der Waals surface area (Å²) >= 11 is 0. The molecular weight excluding hydrogens is 178 g/mol. The lowest BCUT2D eigenvalue weighted by Crippen LogP contribution is -2.30. The molecule has 0 fully saturated rings. The lowest BCUT2D eigenvalue weighted by molar-refractivity contribution is 0.174. The molecule has 0 aliphatic rings. The fraction of sp³-hybridized carbons (Fsp3) is 0.455. The minimum atomic E-state index is 0.376. The molecule has 1 aromatic rings. The van der Waals surface area contributed by atoms with Gasteiger partial charge in [-0.2, -0.15) is 0 Å². The molecule has 0 bridgehead atoms. The Morgan fingerprint density at radius 1 is 1.64 bits per heavy atom. The summed E-state index contributed by atoms with van der Waals surface area (Å²) in [5.74, 6) is 0.881. The van der Waals surface area contributed by atoms with Crippen molar-refractivity contribution in [2.45, 2.75) is 13.0 Å². The maximum Gasteiger partial charge on any atom is 0.126 e. The number of hydrogen-bond donors (Lipinski definition) is 1. The molecule has 0 amide bonds. The van der Waals surface area contributed by atoms with Gasteiger partial charge in [-0.1, -0.05) is 6.08 Å². The molecule has 0 aliphatic carbocycles. The topological polar surface area (TPSA) is 34.4 Å². The molecule has 1 heterocycles. The van der Waals surface area contributed by atoms with Gasteiger partial charge in [0.2, 0.25) is 0 Å². The van der Waals surface area contributed by atoms with Gasteiger partial charge >= 0.3 is 0 Å². The van der Waals surface area contributed by atoms with E-state index in [1.165, 1.54) is 0 Å². The Morgan fingerprint density at radius 2 is 2.50 bits per heavy atom. The Kier molecular flexibility index (Phi) is 5.04. The van der Waals surface area contributed by atoms with E-state index >= 15 is 0 Å². The molecule has 78 valence electrons. The molecule has 1 N–H and O–H groups in total. The predicted molar refractivity (Wildman–Crippen MR) is 57.1 cm³/mol. The smallest absolute Gasteiger partial charge is 0.126 e. The number of nitrogens with one attached hydrogen (secondary N) is 1. The number of hydrogen-bond acceptors (Lipinski definition) is 3. The summed E-state index contributed by atoms with van der Waals surface area (Å²) in [4.78, 5) is 0. The van der Waals surface area contributed by atoms with Crippen molar-refractivity contribution in [2.24, 2.45) is 0 Å². The van der Waals surface area contributed by atoms with Crippen molar-refractivity contribution in [3.8, 4) is 0 Å². The van der Waals surface area contributed by atoms with Gasteiger partial charge in [0.05, 0.1) is 12.9 Å². The summed E-state index contributed by atoms with van der Waals surface area (Å²) in [6.45, 7) is 3.64. The van der Waals surface area contributed by atoms with Crippen LogP contribution < -0.4 is 5.32 Å². The highest BCUT2D eigenvalue weighted by Crippen LogP contribution is 2.01. The first-order chi connectivity index (χ1) is 6.83. The van der Waals surface area contributed by atoms with Crippen molar-refractivity contribution in [3.05, 3.63) is 30.2 Å². The number of methoxy groups -OCH3 is 1. The van der Waals surface area contributed by atoms with E-state index in [1.54, 1.807) is 13.4 Å². The van der Waals surface area contributed by atoms with Crippen LogP contribution in [0, 0.1) is 0 Å². The van der Waals surface area contributed by atoms with Gasteiger partial charge in [0.25, 0.3) is 0 Å². The largest absolute Gasteiger partial charge is 0.465 e. The molecule has 14 heavy (non-hydrogen) atoms. The molecule has 0 radical (unpaired) electrons. The third kappa shape index (κ3) is 4.25. The van der Waals surface area contributed by atoms with Gasteiger partial charge in [0.15, 0.2) is 0 Å². The first kappa shape index (κ1) is 11.0. The SMILES string of the molecule is COCC(C)NC/C=C/c1ccco1. The molecule has 3 nitrogen and oxygen atoms in total. The van der Waals surface area contributed by atoms with Crippen molar-refractivity contribution < 1.29 is 9.15 Å². The van der Waals surface area contributed by atoms with Crippen LogP contribution in [-0.4, -0.2) is 26.3 Å². The fourth-order valence-corrected chi connectivity index (χ4v) is 1.14. The molecule has 0 saturated carbocycles. The molecule has 1 atom stereocenters. The highest BCUT2D eigenvalue weighted by atomic mass is 16.5. The molecule has 0 saturated heterocycles. The van der Waals surface area contributed by atoms with Gasteiger partial charge in [-0.3, -0.25) is 0 Å². The summed E-state index contributed by atoms with van der Waals surface area (Å²) < 4.78 is 10.2. The zero-order chi connectivity index (χ0) is 10.2. The first-order valence-corrected chi connectivity index (χ1v) is 4.75. The molecule has 1 unspecified atom stereocenters. The zero-order valence-electron chi connectivity index (χ0n) is 8.69. The summed E-state index contributed by atoms with van der Waals surface area (Å²) in [6, 6.07) is 4.18. The van der Waals surface area contributed by atoms with Crippen LogP contribution >= 0.6 is 0 Å². The lowest BCUT2D eigenvalue weighted by atomic mass is 10.3. The van der Waals surface area contributed by atoms with E-state index in [-0.39, 0.29) is 0 Å². The van der Waals surface area contributed by atoms with E-state index in [0.29, 0.717) is 6.04 Å². The van der Waals surface area contributed by atoms with Gasteiger partial charge in [0, 0.05) is 19.7 Å². The second-order valence-electron chi connectivity index (χ2n) is 3.18. The van der Waals surface area contributed by atoms with E-state index in [1.807, 2.05) is 24.3 Å². The van der Waals surface area contributed by atoms with Crippen molar-refractivity contribution in [3.63, 3.8) is 0 Å². The molecular formula is C11H17NO2. The second kappa shape index (κ2) is 6.40. The molecule has 0 aromatic carbocycles. The Balaban J connectivity index is 2.15. The normalized spacial score (nSPS) is 13.6. The molecule has 3 heteroatoms. The van der Waals surface area contributed by atoms with Crippen LogP contribution in [0.25, 0.3) is 6.08 Å². The van der Waals surface area contributed by atoms with Crippen molar-refractivity contribution >= 4 is 6.08 Å². The fourth-order valence-electron chi connectivity index (χ4n) is 1.14. The van der Waals surface area contributed by atoms with Crippen LogP contribution in [-0.2, 0) is 4.74 Å². The van der Waals surface area contributed by atoms with E-state index in [4.69, 9.17) is 9.15 Å². The molecule has 0 spiro atoms. The number of rotatable bonds is 6. The molecule has 0 aliphatic heterocycles. The summed E-state index contributed by atoms with van der Waals surface area (Å²) in [5, 5.41) is 3.29. The van der Waals surface area contributed by atoms with Crippen molar-refractivity contribution in [1.82, 2.24) is 5.32 Å². The van der Waals surface area contributed by atoms with Gasteiger partial charge < -0.3 is 14.5 Å². The van der Waals surface area contributed by atoms with Crippen LogP contribution in [0.1, 0.15) is 12.7 Å². The quantitative estimate of drug-likeness (QED) is 0.753. The Hall–Kier alpha value is -1.06. The minimum absolute atomic E-state index is 0.376. The average Bonchev–Trinajstić information content (AvgIpc) is 2.65. The third-order valence-corrected chi connectivity index (χ3v) is 1.83. The molecule has 1 rings (SSSR count). The monoisotopic (exact) mass is 195 g/mol. The van der Waals surface area contributed by atoms with Crippen LogP contribution in [0.2, 0.25) is 0 Å². The van der Waals surface area contributed by atoms with E-state index in [2.05, 4.69) is 12.2 Å². The van der Waals surface area contributed by atoms with Gasteiger partial charge in [0.1, 0.15) is 5.76 Å². The lowest BCUT2D eigenvalue weighted by Gasteiger charge is -2.09. The van der Waals surface area contributed by atoms with Crippen LogP contribution in [0.3, 0.4) is 0 Å². The second-order valence-corrected chi connectivity index (χ2v) is 3.18. The third-order valence-electron chi connectivity index (χ3n) is 1.83. The Bertz CT molecular complexity index is 254. The van der Waals surface area contributed by atoms with Gasteiger partial charge in [-0.15, -0.1) is 0 Å². The average molecular weight is 195 g/mol.